The monoisotopic (exact) mass is 208 g/mol. The molecule has 0 saturated carbocycles. The minimum Gasteiger partial charge on any atom is -0.412 e. The van der Waals surface area contributed by atoms with Crippen LogP contribution >= 0.6 is 49.6 Å². The Bertz CT molecular complexity index is 12.0. The second kappa shape index (κ2) is 93.6. The van der Waals surface area contributed by atoms with E-state index in [4.69, 9.17) is 5.11 Å². The fourth-order valence-corrected chi connectivity index (χ4v) is 0. The van der Waals surface area contributed by atoms with Crippen molar-refractivity contribution in [3.05, 3.63) is 0 Å². The van der Waals surface area contributed by atoms with Gasteiger partial charge in [0.2, 0.25) is 0 Å². The van der Waals surface area contributed by atoms with Gasteiger partial charge in [-0.25, -0.2) is 0 Å². The minimum atomic E-state index is 0. The van der Waals surface area contributed by atoms with Crippen molar-refractivity contribution in [2.75, 3.05) is 6.61 Å². The van der Waals surface area contributed by atoms with Gasteiger partial charge in [0.25, 0.3) is 0 Å². The van der Waals surface area contributed by atoms with Gasteiger partial charge >= 0.3 is 0 Å². The van der Waals surface area contributed by atoms with Crippen molar-refractivity contribution >= 4 is 49.6 Å². The average Bonchev–Trinajstić information content (AvgIpc) is 0.918. The van der Waals surface area contributed by atoms with Gasteiger partial charge in [0, 0.05) is 6.61 Å². The summed E-state index contributed by atoms with van der Waals surface area (Å²) in [5.41, 5.74) is 0. The van der Waals surface area contributed by atoms with E-state index in [1.807, 2.05) is 0 Å². The van der Waals surface area contributed by atoms with Crippen molar-refractivity contribution < 1.29 is 10.6 Å². The molecule has 2 nitrogen and oxygen atoms in total. The highest BCUT2D eigenvalue weighted by molar-refractivity contribution is 5.86. The molecule has 0 amide bonds. The van der Waals surface area contributed by atoms with Gasteiger partial charge in [0.15, 0.2) is 0 Å². The summed E-state index contributed by atoms with van der Waals surface area (Å²) in [5.74, 6) is 0. The van der Waals surface area contributed by atoms with Crippen LogP contribution in [0.3, 0.4) is 0 Å². The van der Waals surface area contributed by atoms with E-state index in [1.165, 1.54) is 0 Å². The summed E-state index contributed by atoms with van der Waals surface area (Å²) >= 11 is 0. The maximum atomic E-state index is 7.57. The lowest BCUT2D eigenvalue weighted by atomic mass is 10.9. The molecule has 60 valence electrons. The van der Waals surface area contributed by atoms with Crippen LogP contribution < -0.4 is 0 Å². The Morgan fingerprint density at radius 2 is 1.00 bits per heavy atom. The quantitative estimate of drug-likeness (QED) is 0.633. The summed E-state index contributed by atoms with van der Waals surface area (Å²) in [6.07, 6.45) is 0. The minimum absolute atomic E-state index is 0. The molecule has 0 aliphatic heterocycles. The molecule has 0 rings (SSSR count). The van der Waals surface area contributed by atoms with E-state index in [0.29, 0.717) is 0 Å². The highest BCUT2D eigenvalue weighted by Gasteiger charge is 1.34. The maximum absolute atomic E-state index is 7.57. The molecule has 8 heavy (non-hydrogen) atoms. The van der Waals surface area contributed by atoms with E-state index in [9.17, 15) is 0 Å². The molecule has 6 heteroatoms. The number of aliphatic hydroxyl groups excluding tert-OH is 1. The van der Waals surface area contributed by atoms with Crippen LogP contribution in [-0.4, -0.2) is 17.2 Å². The summed E-state index contributed by atoms with van der Waals surface area (Å²) in [4.78, 5) is 0. The molecular weight excluding hydrogens is 198 g/mol. The average molecular weight is 210 g/mol. The highest BCUT2D eigenvalue weighted by atomic mass is 35.5. The first-order valence-electron chi connectivity index (χ1n) is 1.02. The standard InChI is InChI=1S/C2H6O.4ClH.H2O/c1-2-3;;;;;/h3H,2H2,1H3;4*1H;1H2. The Balaban J connectivity index is -0.00000000200. The summed E-state index contributed by atoms with van der Waals surface area (Å²) in [7, 11) is 0. The lowest BCUT2D eigenvalue weighted by molar-refractivity contribution is 0.318. The summed E-state index contributed by atoms with van der Waals surface area (Å²) in [6.45, 7) is 1.93. The number of hydrogen-bond acceptors (Lipinski definition) is 1. The fraction of sp³-hybridized carbons (Fsp3) is 1.00. The molecule has 0 aromatic heterocycles. The zero-order valence-electron chi connectivity index (χ0n) is 4.29. The molecule has 0 aromatic rings. The van der Waals surface area contributed by atoms with E-state index in [1.54, 1.807) is 6.92 Å². The molecule has 0 spiro atoms. The van der Waals surface area contributed by atoms with E-state index in [0.717, 1.165) is 0 Å². The largest absolute Gasteiger partial charge is 0.412 e. The molecular formula is C2H12Cl4O2. The molecule has 0 unspecified atom stereocenters. The molecule has 0 saturated heterocycles. The number of hydrogen-bond donors (Lipinski definition) is 1. The molecule has 0 atom stereocenters. The van der Waals surface area contributed by atoms with Crippen molar-refractivity contribution in [3.63, 3.8) is 0 Å². The normalized spacial score (nSPS) is 2.25. The van der Waals surface area contributed by atoms with Gasteiger partial charge in [0.05, 0.1) is 0 Å². The molecule has 3 N–H and O–H groups in total. The molecule has 0 heterocycles. The van der Waals surface area contributed by atoms with Crippen LogP contribution in [-0.2, 0) is 0 Å². The van der Waals surface area contributed by atoms with Crippen molar-refractivity contribution in [3.8, 4) is 0 Å². The van der Waals surface area contributed by atoms with E-state index < -0.39 is 0 Å². The van der Waals surface area contributed by atoms with Crippen LogP contribution in [0.5, 0.6) is 0 Å². The fourth-order valence-electron chi connectivity index (χ4n) is 0. The second-order valence-corrected chi connectivity index (χ2v) is 0.316. The predicted octanol–water partition coefficient (Wildman–Crippen LogP) is 0.861. The first kappa shape index (κ1) is 62.5. The lowest BCUT2D eigenvalue weighted by Gasteiger charge is -1.52. The van der Waals surface area contributed by atoms with Crippen LogP contribution in [0.1, 0.15) is 6.92 Å². The van der Waals surface area contributed by atoms with Crippen molar-refractivity contribution in [1.82, 2.24) is 0 Å². The van der Waals surface area contributed by atoms with Crippen LogP contribution in [0.15, 0.2) is 0 Å². The molecule has 0 aliphatic carbocycles. The third-order valence-electron chi connectivity index (χ3n) is 0. The first-order chi connectivity index (χ1) is 1.41. The van der Waals surface area contributed by atoms with E-state index in [-0.39, 0.29) is 61.7 Å². The van der Waals surface area contributed by atoms with Gasteiger partial charge in [-0.3, -0.25) is 0 Å². The summed E-state index contributed by atoms with van der Waals surface area (Å²) < 4.78 is 0. The molecule has 0 aromatic carbocycles. The van der Waals surface area contributed by atoms with Crippen LogP contribution in [0.2, 0.25) is 0 Å². The number of rotatable bonds is 0. The van der Waals surface area contributed by atoms with Gasteiger partial charge in [-0.2, -0.15) is 0 Å². The smallest absolute Gasteiger partial charge is 0.0402 e. The summed E-state index contributed by atoms with van der Waals surface area (Å²) in [6, 6.07) is 0. The number of halogens is 4. The van der Waals surface area contributed by atoms with Gasteiger partial charge in [0.1, 0.15) is 0 Å². The van der Waals surface area contributed by atoms with Crippen LogP contribution in [0.4, 0.5) is 0 Å². The topological polar surface area (TPSA) is 51.7 Å². The lowest BCUT2D eigenvalue weighted by Crippen LogP contribution is -1.57. The van der Waals surface area contributed by atoms with Gasteiger partial charge in [-0.15, -0.1) is 49.6 Å². The Labute approximate surface area is 74.0 Å². The van der Waals surface area contributed by atoms with E-state index >= 15 is 0 Å². The molecule has 0 fully saturated rings. The second-order valence-electron chi connectivity index (χ2n) is 0.316. The van der Waals surface area contributed by atoms with Crippen molar-refractivity contribution in [2.24, 2.45) is 0 Å². The predicted molar refractivity (Wildman–Crippen MR) is 45.4 cm³/mol. The van der Waals surface area contributed by atoms with Crippen LogP contribution in [0.25, 0.3) is 0 Å². The van der Waals surface area contributed by atoms with Crippen molar-refractivity contribution in [1.29, 1.82) is 0 Å². The van der Waals surface area contributed by atoms with Gasteiger partial charge < -0.3 is 10.6 Å². The number of aliphatic hydroxyl groups is 1. The third kappa shape index (κ3) is 224. The maximum Gasteiger partial charge on any atom is 0.0402 e. The Morgan fingerprint density at radius 1 is 1.00 bits per heavy atom. The third-order valence-corrected chi connectivity index (χ3v) is 0. The summed E-state index contributed by atoms with van der Waals surface area (Å²) in [5, 5.41) is 7.57. The Kier molecular flexibility index (Phi) is 731. The van der Waals surface area contributed by atoms with E-state index in [2.05, 4.69) is 0 Å². The zero-order chi connectivity index (χ0) is 2.71. The molecule has 0 aliphatic rings. The van der Waals surface area contributed by atoms with Crippen molar-refractivity contribution in [2.45, 2.75) is 6.92 Å². The highest BCUT2D eigenvalue weighted by Crippen LogP contribution is 1.30. The van der Waals surface area contributed by atoms with Crippen LogP contribution in [0, 0.1) is 0 Å². The first-order valence-corrected chi connectivity index (χ1v) is 1.02. The Hall–Kier alpha value is 1.08. The van der Waals surface area contributed by atoms with Gasteiger partial charge in [-0.05, 0) is 6.92 Å². The molecule has 0 bridgehead atoms. The Morgan fingerprint density at radius 3 is 1.00 bits per heavy atom. The van der Waals surface area contributed by atoms with Gasteiger partial charge in [-0.1, -0.05) is 0 Å². The zero-order valence-corrected chi connectivity index (χ0v) is 7.55. The molecule has 0 radical (unpaired) electrons. The SMILES string of the molecule is CCO.Cl.Cl.Cl.Cl.O.